The maximum Gasteiger partial charge on any atom is 0.129 e. The summed E-state index contributed by atoms with van der Waals surface area (Å²) in [6, 6.07) is 0. The van der Waals surface area contributed by atoms with E-state index in [1.807, 2.05) is 13.0 Å². The summed E-state index contributed by atoms with van der Waals surface area (Å²) in [5, 5.41) is 31.3. The van der Waals surface area contributed by atoms with E-state index in [1.165, 1.54) is 5.57 Å². The molecule has 4 heteroatoms. The minimum absolute atomic E-state index is 0.0326. The number of carbonyl (C=O) groups is 1. The molecular weight excluding hydrogens is 376 g/mol. The Bertz CT molecular complexity index is 563. The van der Waals surface area contributed by atoms with Gasteiger partial charge in [0.2, 0.25) is 0 Å². The number of carbonyl (C=O) groups excluding carboxylic acids is 1. The molecule has 1 aliphatic carbocycles. The summed E-state index contributed by atoms with van der Waals surface area (Å²) in [5.74, 6) is 0.294. The van der Waals surface area contributed by atoms with E-state index in [9.17, 15) is 20.1 Å². The molecule has 0 aromatic heterocycles. The first-order valence-corrected chi connectivity index (χ1v) is 11.9. The van der Waals surface area contributed by atoms with Crippen molar-refractivity contribution < 1.29 is 20.1 Å². The lowest BCUT2D eigenvalue weighted by atomic mass is 9.85. The fraction of sp³-hybridized carbons (Fsp3) is 0.731. The second kappa shape index (κ2) is 15.6. The Hall–Kier alpha value is -1.23. The van der Waals surface area contributed by atoms with Crippen LogP contribution in [0.3, 0.4) is 0 Å². The lowest BCUT2D eigenvalue weighted by Crippen LogP contribution is -2.23. The van der Waals surface area contributed by atoms with Gasteiger partial charge in [-0.1, -0.05) is 49.3 Å². The van der Waals surface area contributed by atoms with Crippen LogP contribution >= 0.6 is 0 Å². The number of aliphatic hydroxyl groups is 3. The number of rotatable bonds is 15. The molecule has 0 heterocycles. The van der Waals surface area contributed by atoms with E-state index in [-0.39, 0.29) is 23.7 Å². The third-order valence-electron chi connectivity index (χ3n) is 6.22. The molecule has 1 saturated carbocycles. The topological polar surface area (TPSA) is 77.8 Å². The quantitative estimate of drug-likeness (QED) is 0.191. The highest BCUT2D eigenvalue weighted by Crippen LogP contribution is 2.38. The van der Waals surface area contributed by atoms with Crippen LogP contribution in [0.2, 0.25) is 0 Å². The molecule has 0 saturated heterocycles. The van der Waals surface area contributed by atoms with E-state index in [2.05, 4.69) is 31.2 Å². The van der Waals surface area contributed by atoms with Crippen molar-refractivity contribution in [3.8, 4) is 0 Å². The molecule has 30 heavy (non-hydrogen) atoms. The zero-order chi connectivity index (χ0) is 22.4. The first-order chi connectivity index (χ1) is 14.4. The molecule has 0 aliphatic heterocycles. The van der Waals surface area contributed by atoms with Crippen molar-refractivity contribution in [2.45, 2.75) is 110 Å². The first-order valence-electron chi connectivity index (χ1n) is 11.9. The molecule has 0 amide bonds. The van der Waals surface area contributed by atoms with E-state index in [0.717, 1.165) is 51.4 Å². The van der Waals surface area contributed by atoms with Crippen LogP contribution in [0.25, 0.3) is 0 Å². The van der Waals surface area contributed by atoms with Gasteiger partial charge in [-0.05, 0) is 83.5 Å². The Balaban J connectivity index is 2.46. The SMILES string of the molecule is C/C=C\C=C(/CCC)CC[C@H](O)CC[C@@H]1[C@@H](C/C=C\CCCC(C)=O)[C@@H](O)C[C@H]1O. The predicted molar refractivity (Wildman–Crippen MR) is 124 cm³/mol. The maximum absolute atomic E-state index is 11.0. The van der Waals surface area contributed by atoms with Crippen molar-refractivity contribution in [2.24, 2.45) is 11.8 Å². The van der Waals surface area contributed by atoms with Gasteiger partial charge in [0.25, 0.3) is 0 Å². The van der Waals surface area contributed by atoms with Crippen molar-refractivity contribution in [2.75, 3.05) is 0 Å². The molecule has 0 radical (unpaired) electrons. The van der Waals surface area contributed by atoms with Crippen molar-refractivity contribution in [1.82, 2.24) is 0 Å². The summed E-state index contributed by atoms with van der Waals surface area (Å²) in [4.78, 5) is 11.0. The molecular formula is C26H44O4. The lowest BCUT2D eigenvalue weighted by Gasteiger charge is -2.23. The molecule has 3 N–H and O–H groups in total. The zero-order valence-electron chi connectivity index (χ0n) is 19.3. The molecule has 0 bridgehead atoms. The Morgan fingerprint density at radius 2 is 1.80 bits per heavy atom. The van der Waals surface area contributed by atoms with Gasteiger partial charge in [-0.2, -0.15) is 0 Å². The Morgan fingerprint density at radius 3 is 2.47 bits per heavy atom. The van der Waals surface area contributed by atoms with Crippen LogP contribution in [0.5, 0.6) is 0 Å². The van der Waals surface area contributed by atoms with Crippen molar-refractivity contribution in [3.05, 3.63) is 36.0 Å². The molecule has 172 valence electrons. The second-order valence-corrected chi connectivity index (χ2v) is 8.87. The van der Waals surface area contributed by atoms with Gasteiger partial charge < -0.3 is 20.1 Å². The number of ketones is 1. The van der Waals surface area contributed by atoms with E-state index in [0.29, 0.717) is 19.3 Å². The summed E-state index contributed by atoms with van der Waals surface area (Å²) >= 11 is 0. The van der Waals surface area contributed by atoms with Gasteiger partial charge in [0.05, 0.1) is 18.3 Å². The van der Waals surface area contributed by atoms with Crippen LogP contribution in [-0.2, 0) is 4.79 Å². The van der Waals surface area contributed by atoms with Crippen LogP contribution in [0.1, 0.15) is 91.4 Å². The maximum atomic E-state index is 11.0. The van der Waals surface area contributed by atoms with Crippen LogP contribution in [0.4, 0.5) is 0 Å². The summed E-state index contributed by atoms with van der Waals surface area (Å²) in [7, 11) is 0. The van der Waals surface area contributed by atoms with Gasteiger partial charge in [-0.15, -0.1) is 0 Å². The van der Waals surface area contributed by atoms with Crippen molar-refractivity contribution in [3.63, 3.8) is 0 Å². The molecule has 0 unspecified atom stereocenters. The van der Waals surface area contributed by atoms with Crippen LogP contribution in [0.15, 0.2) is 36.0 Å². The van der Waals surface area contributed by atoms with E-state index < -0.39 is 12.2 Å². The van der Waals surface area contributed by atoms with Crippen molar-refractivity contribution in [1.29, 1.82) is 0 Å². The first kappa shape index (κ1) is 26.8. The van der Waals surface area contributed by atoms with E-state index in [1.54, 1.807) is 6.92 Å². The number of Topliss-reactive ketones (excluding diaryl/α,β-unsaturated/α-hetero) is 1. The highest BCUT2D eigenvalue weighted by atomic mass is 16.3. The average Bonchev–Trinajstić information content (AvgIpc) is 2.97. The molecule has 1 fully saturated rings. The number of hydrogen-bond donors (Lipinski definition) is 3. The number of hydrogen-bond acceptors (Lipinski definition) is 4. The minimum atomic E-state index is -0.492. The normalized spacial score (nSPS) is 26.1. The summed E-state index contributed by atoms with van der Waals surface area (Å²) in [6.07, 6.45) is 17.8. The van der Waals surface area contributed by atoms with Gasteiger partial charge >= 0.3 is 0 Å². The van der Waals surface area contributed by atoms with Crippen LogP contribution in [0, 0.1) is 11.8 Å². The highest BCUT2D eigenvalue weighted by molar-refractivity contribution is 5.75. The lowest BCUT2D eigenvalue weighted by molar-refractivity contribution is -0.117. The average molecular weight is 421 g/mol. The summed E-state index contributed by atoms with van der Waals surface area (Å²) < 4.78 is 0. The number of aliphatic hydroxyl groups excluding tert-OH is 3. The fourth-order valence-electron chi connectivity index (χ4n) is 4.47. The standard InChI is InChI=1S/C26H44O4/c1-4-6-13-21(11-5-2)15-16-22(28)17-18-24-23(25(29)19-26(24)30)14-10-8-7-9-12-20(3)27/h4,6,8,10,13,22-26,28-30H,5,7,9,11-12,14-19H2,1-3H3/b6-4-,10-8-,21-13+/t22-,23+,24+,25-,26+/m0/s1. The highest BCUT2D eigenvalue weighted by Gasteiger charge is 2.40. The zero-order valence-corrected chi connectivity index (χ0v) is 19.3. The van der Waals surface area contributed by atoms with Crippen molar-refractivity contribution >= 4 is 5.78 Å². The Morgan fingerprint density at radius 1 is 1.07 bits per heavy atom. The Labute approximate surface area is 183 Å². The fourth-order valence-corrected chi connectivity index (χ4v) is 4.47. The monoisotopic (exact) mass is 420 g/mol. The van der Waals surface area contributed by atoms with E-state index >= 15 is 0 Å². The number of allylic oxidation sites excluding steroid dienone is 6. The van der Waals surface area contributed by atoms with Gasteiger partial charge in [0.15, 0.2) is 0 Å². The molecule has 1 aliphatic rings. The predicted octanol–water partition coefficient (Wildman–Crippen LogP) is 5.27. The van der Waals surface area contributed by atoms with Gasteiger partial charge in [0, 0.05) is 6.42 Å². The van der Waals surface area contributed by atoms with Gasteiger partial charge in [-0.25, -0.2) is 0 Å². The second-order valence-electron chi connectivity index (χ2n) is 8.87. The third kappa shape index (κ3) is 10.7. The minimum Gasteiger partial charge on any atom is -0.393 e. The molecule has 0 spiro atoms. The van der Waals surface area contributed by atoms with Gasteiger partial charge in [-0.3, -0.25) is 0 Å². The summed E-state index contributed by atoms with van der Waals surface area (Å²) in [5.41, 5.74) is 1.37. The smallest absolute Gasteiger partial charge is 0.129 e. The van der Waals surface area contributed by atoms with Crippen LogP contribution < -0.4 is 0 Å². The molecule has 0 aromatic rings. The van der Waals surface area contributed by atoms with E-state index in [4.69, 9.17) is 0 Å². The molecule has 5 atom stereocenters. The third-order valence-corrected chi connectivity index (χ3v) is 6.22. The largest absolute Gasteiger partial charge is 0.393 e. The molecule has 4 nitrogen and oxygen atoms in total. The number of unbranched alkanes of at least 4 members (excludes halogenated alkanes) is 1. The molecule has 1 rings (SSSR count). The summed E-state index contributed by atoms with van der Waals surface area (Å²) in [6.45, 7) is 5.79. The van der Waals surface area contributed by atoms with Crippen LogP contribution in [-0.4, -0.2) is 39.4 Å². The van der Waals surface area contributed by atoms with Gasteiger partial charge in [0.1, 0.15) is 5.78 Å². The molecule has 0 aromatic carbocycles. The Kier molecular flexibility index (Phi) is 13.9.